The maximum atomic E-state index is 6.43. The van der Waals surface area contributed by atoms with Gasteiger partial charge in [-0.2, -0.15) is 0 Å². The molecule has 248 valence electrons. The van der Waals surface area contributed by atoms with Crippen LogP contribution in [0.5, 0.6) is 0 Å². The van der Waals surface area contributed by atoms with Crippen LogP contribution in [0, 0.1) is 0 Å². The molecule has 1 unspecified atom stereocenters. The number of hydrogen-bond donors (Lipinski definition) is 3. The van der Waals surface area contributed by atoms with Gasteiger partial charge >= 0.3 is 0 Å². The minimum Gasteiger partial charge on any atom is -0.404 e. The number of nitrogens with two attached hydrogens (primary N) is 2. The van der Waals surface area contributed by atoms with E-state index < -0.39 is 0 Å². The molecule has 0 saturated heterocycles. The zero-order valence-corrected chi connectivity index (χ0v) is 28.8. The third kappa shape index (κ3) is 9.65. The van der Waals surface area contributed by atoms with E-state index in [1.54, 1.807) is 12.4 Å². The molecule has 1 saturated carbocycles. The fraction of sp³-hybridized carbons (Fsp3) is 0.419. The summed E-state index contributed by atoms with van der Waals surface area (Å²) >= 11 is 0. The quantitative estimate of drug-likeness (QED) is 0.201. The van der Waals surface area contributed by atoms with Crippen LogP contribution >= 0.6 is 0 Å². The fourth-order valence-corrected chi connectivity index (χ4v) is 7.41. The number of nitrogens with one attached hydrogen (secondary N) is 1. The van der Waals surface area contributed by atoms with Crippen molar-refractivity contribution in [3.05, 3.63) is 147 Å². The van der Waals surface area contributed by atoms with E-state index in [2.05, 4.69) is 84.9 Å². The number of hydrogen-bond acceptors (Lipinski definition) is 4. The summed E-state index contributed by atoms with van der Waals surface area (Å²) in [4.78, 5) is 4.12. The number of rotatable bonds is 12. The van der Waals surface area contributed by atoms with Gasteiger partial charge in [0.1, 0.15) is 0 Å². The monoisotopic (exact) mass is 628 g/mol. The molecule has 5 N–H and O–H groups in total. The molecule has 0 aromatic carbocycles. The van der Waals surface area contributed by atoms with Crippen molar-refractivity contribution in [3.8, 4) is 0 Å². The summed E-state index contributed by atoms with van der Waals surface area (Å²) in [5.41, 5.74) is 26.3. The summed E-state index contributed by atoms with van der Waals surface area (Å²) in [6.07, 6.45) is 43.6. The second-order valence-corrected chi connectivity index (χ2v) is 13.5. The Kier molecular flexibility index (Phi) is 13.2. The highest BCUT2D eigenvalue weighted by Crippen LogP contribution is 2.38. The SMILES string of the molecule is CCC/C(=C\N)C1=CC=C(C2=CC=C(\C(C)=C3/C=CCC/C3=C(\C=C\C=C/C(N)c3ccncc3)CNC3CCCCC3)CC2)CC1. The van der Waals surface area contributed by atoms with Crippen molar-refractivity contribution >= 4 is 0 Å². The molecule has 1 atom stereocenters. The molecule has 4 aliphatic carbocycles. The largest absolute Gasteiger partial charge is 0.404 e. The zero-order valence-electron chi connectivity index (χ0n) is 28.8. The summed E-state index contributed by atoms with van der Waals surface area (Å²) in [7, 11) is 0. The van der Waals surface area contributed by atoms with Gasteiger partial charge in [0.05, 0.1) is 0 Å². The smallest absolute Gasteiger partial charge is 0.0485 e. The van der Waals surface area contributed by atoms with Crippen LogP contribution < -0.4 is 16.8 Å². The molecule has 5 rings (SSSR count). The highest BCUT2D eigenvalue weighted by atomic mass is 14.9. The van der Waals surface area contributed by atoms with Gasteiger partial charge in [0.15, 0.2) is 0 Å². The number of pyridine rings is 1. The Morgan fingerprint density at radius 2 is 1.66 bits per heavy atom. The summed E-state index contributed by atoms with van der Waals surface area (Å²) in [6, 6.07) is 4.44. The second-order valence-electron chi connectivity index (χ2n) is 13.5. The van der Waals surface area contributed by atoms with Crippen LogP contribution in [-0.2, 0) is 0 Å². The van der Waals surface area contributed by atoms with Gasteiger partial charge in [0.25, 0.3) is 0 Å². The van der Waals surface area contributed by atoms with E-state index in [0.29, 0.717) is 6.04 Å². The van der Waals surface area contributed by atoms with Gasteiger partial charge in [0, 0.05) is 31.0 Å². The molecule has 47 heavy (non-hydrogen) atoms. The topological polar surface area (TPSA) is 77.0 Å². The van der Waals surface area contributed by atoms with Gasteiger partial charge in [-0.1, -0.05) is 93.4 Å². The molecule has 1 fully saturated rings. The first-order valence-corrected chi connectivity index (χ1v) is 18.1. The van der Waals surface area contributed by atoms with Crippen LogP contribution in [0.15, 0.2) is 142 Å². The lowest BCUT2D eigenvalue weighted by Gasteiger charge is -2.26. The Hall–Kier alpha value is -3.73. The molecule has 4 nitrogen and oxygen atoms in total. The lowest BCUT2D eigenvalue weighted by molar-refractivity contribution is 0.383. The van der Waals surface area contributed by atoms with Crippen molar-refractivity contribution in [3.63, 3.8) is 0 Å². The van der Waals surface area contributed by atoms with E-state index in [9.17, 15) is 0 Å². The molecule has 1 aromatic heterocycles. The first-order chi connectivity index (χ1) is 23.1. The second kappa shape index (κ2) is 18.0. The summed E-state index contributed by atoms with van der Waals surface area (Å²) in [5, 5.41) is 3.94. The Balaban J connectivity index is 1.38. The minimum absolute atomic E-state index is 0.144. The summed E-state index contributed by atoms with van der Waals surface area (Å²) in [5.74, 6) is 0. The van der Waals surface area contributed by atoms with Crippen LogP contribution in [-0.4, -0.2) is 17.6 Å². The lowest BCUT2D eigenvalue weighted by atomic mass is 9.81. The third-order valence-electron chi connectivity index (χ3n) is 10.3. The number of allylic oxidation sites excluding steroid dienone is 16. The molecule has 4 aliphatic rings. The predicted octanol–water partition coefficient (Wildman–Crippen LogP) is 10.0. The average Bonchev–Trinajstić information content (AvgIpc) is 3.14. The standard InChI is InChI=1S/C43H56N4/c1-3-11-38(30-44)36-24-22-35(23-25-36)34-20-18-33(19-21-34)32(2)41-15-8-9-16-42(41)39(31-47-40-13-5-4-6-14-40)12-7-10-17-43(45)37-26-28-46-29-27-37/h7-8,10,12,15,17-18,20,22,24,26-30,40,43,47H,3-6,9,11,13-14,16,19,21,23,25,31,44-45H2,1-2H3/b12-7+,17-10-,38-30+,41-32+,42-39-. The normalized spacial score (nSPS) is 22.6. The Bertz CT molecular complexity index is 1530. The lowest BCUT2D eigenvalue weighted by Crippen LogP contribution is -2.32. The molecular formula is C43H56N4. The minimum atomic E-state index is -0.144. The van der Waals surface area contributed by atoms with Crippen molar-refractivity contribution < 1.29 is 0 Å². The van der Waals surface area contributed by atoms with E-state index in [4.69, 9.17) is 11.5 Å². The fourth-order valence-electron chi connectivity index (χ4n) is 7.41. The van der Waals surface area contributed by atoms with Crippen LogP contribution in [0.1, 0.15) is 109 Å². The third-order valence-corrected chi connectivity index (χ3v) is 10.3. The molecular weight excluding hydrogens is 573 g/mol. The van der Waals surface area contributed by atoms with Gasteiger partial charge in [-0.25, -0.2) is 0 Å². The molecule has 0 spiro atoms. The Morgan fingerprint density at radius 1 is 0.936 bits per heavy atom. The highest BCUT2D eigenvalue weighted by molar-refractivity contribution is 5.57. The molecule has 4 heteroatoms. The van der Waals surface area contributed by atoms with E-state index >= 15 is 0 Å². The van der Waals surface area contributed by atoms with Crippen molar-refractivity contribution in [2.75, 3.05) is 6.54 Å². The van der Waals surface area contributed by atoms with Crippen molar-refractivity contribution in [2.24, 2.45) is 11.5 Å². The van der Waals surface area contributed by atoms with Crippen LogP contribution in [0.4, 0.5) is 0 Å². The summed E-state index contributed by atoms with van der Waals surface area (Å²) in [6.45, 7) is 5.45. The van der Waals surface area contributed by atoms with Crippen molar-refractivity contribution in [1.82, 2.24) is 10.3 Å². The van der Waals surface area contributed by atoms with Crippen molar-refractivity contribution in [2.45, 2.75) is 109 Å². The molecule has 0 amide bonds. The highest BCUT2D eigenvalue weighted by Gasteiger charge is 2.20. The van der Waals surface area contributed by atoms with Gasteiger partial charge < -0.3 is 16.8 Å². The van der Waals surface area contributed by atoms with Crippen LogP contribution in [0.25, 0.3) is 0 Å². The van der Waals surface area contributed by atoms with E-state index in [1.807, 2.05) is 18.3 Å². The average molecular weight is 629 g/mol. The van der Waals surface area contributed by atoms with E-state index in [0.717, 1.165) is 63.5 Å². The first kappa shape index (κ1) is 34.6. The number of nitrogens with zero attached hydrogens (tertiary/aromatic N) is 1. The maximum Gasteiger partial charge on any atom is 0.0485 e. The Labute approximate surface area is 284 Å². The van der Waals surface area contributed by atoms with Gasteiger partial charge in [-0.05, 0) is 139 Å². The molecule has 0 aliphatic heterocycles. The van der Waals surface area contributed by atoms with E-state index in [-0.39, 0.29) is 6.04 Å². The van der Waals surface area contributed by atoms with Gasteiger partial charge in [0.2, 0.25) is 0 Å². The summed E-state index contributed by atoms with van der Waals surface area (Å²) < 4.78 is 0. The molecule has 1 heterocycles. The maximum absolute atomic E-state index is 6.43. The Morgan fingerprint density at radius 3 is 2.32 bits per heavy atom. The van der Waals surface area contributed by atoms with Crippen LogP contribution in [0.3, 0.4) is 0 Å². The zero-order chi connectivity index (χ0) is 32.8. The predicted molar refractivity (Wildman–Crippen MR) is 200 cm³/mol. The molecule has 1 aromatic rings. The van der Waals surface area contributed by atoms with Crippen molar-refractivity contribution in [1.29, 1.82) is 0 Å². The van der Waals surface area contributed by atoms with Gasteiger partial charge in [-0.3, -0.25) is 4.98 Å². The van der Waals surface area contributed by atoms with Gasteiger partial charge in [-0.15, -0.1) is 0 Å². The molecule has 0 bridgehead atoms. The molecule has 0 radical (unpaired) electrons. The van der Waals surface area contributed by atoms with E-state index in [1.165, 1.54) is 82.3 Å². The first-order valence-electron chi connectivity index (χ1n) is 18.1. The number of aromatic nitrogens is 1. The van der Waals surface area contributed by atoms with Crippen LogP contribution in [0.2, 0.25) is 0 Å².